The molecule has 1 atom stereocenters. The van der Waals surface area contributed by atoms with E-state index in [2.05, 4.69) is 54.3 Å². The smallest absolute Gasteiger partial charge is 0.262 e. The van der Waals surface area contributed by atoms with Gasteiger partial charge in [-0.25, -0.2) is 4.98 Å². The van der Waals surface area contributed by atoms with Crippen LogP contribution in [0.3, 0.4) is 0 Å². The van der Waals surface area contributed by atoms with E-state index in [0.29, 0.717) is 18.2 Å². The minimum Gasteiger partial charge on any atom is -0.494 e. The molecule has 6 heterocycles. The molecule has 14 heteroatoms. The molecule has 1 unspecified atom stereocenters. The lowest BCUT2D eigenvalue weighted by atomic mass is 9.92. The molecule has 3 fully saturated rings. The fraction of sp³-hybridized carbons (Fsp3) is 0.409. The highest BCUT2D eigenvalue weighted by molar-refractivity contribution is 6.23. The van der Waals surface area contributed by atoms with Gasteiger partial charge in [0.1, 0.15) is 17.9 Å². The maximum atomic E-state index is 13.1. The Bertz CT molecular complexity index is 2330. The highest BCUT2D eigenvalue weighted by Crippen LogP contribution is 2.32. The summed E-state index contributed by atoms with van der Waals surface area (Å²) >= 11 is 0. The van der Waals surface area contributed by atoms with Gasteiger partial charge in [-0.2, -0.15) is 0 Å². The SMILES string of the molecule is O=C1CCC(N2C(=O)c3ccc(OCCCCCN4CCN(CCOC5CC(Oc6ccc(-c7ccc8c(c7)[nH]c7ccncc78)cn6)C5)CC4)cc3C2=O)C(=O)N1. The molecule has 4 aliphatic rings. The zero-order valence-electron chi connectivity index (χ0n) is 32.4. The monoisotopic (exact) mass is 785 g/mol. The van der Waals surface area contributed by atoms with Gasteiger partial charge < -0.3 is 24.1 Å². The molecular weight excluding hydrogens is 739 g/mol. The predicted molar refractivity (Wildman–Crippen MR) is 216 cm³/mol. The number of hydrogen-bond acceptors (Lipinski definition) is 11. The van der Waals surface area contributed by atoms with Crippen LogP contribution in [-0.4, -0.2) is 124 Å². The molecule has 0 bridgehead atoms. The molecule has 1 aliphatic carbocycles. The van der Waals surface area contributed by atoms with Crippen LogP contribution in [0.1, 0.15) is 65.7 Å². The first-order valence-electron chi connectivity index (χ1n) is 20.4. The lowest BCUT2D eigenvalue weighted by Crippen LogP contribution is -2.54. The van der Waals surface area contributed by atoms with Crippen LogP contribution in [0.2, 0.25) is 0 Å². The lowest BCUT2D eigenvalue weighted by molar-refractivity contribution is -0.136. The Morgan fingerprint density at radius 2 is 1.53 bits per heavy atom. The van der Waals surface area contributed by atoms with Crippen molar-refractivity contribution in [2.75, 3.05) is 52.5 Å². The maximum absolute atomic E-state index is 13.1. The number of hydrogen-bond donors (Lipinski definition) is 2. The highest BCUT2D eigenvalue weighted by Gasteiger charge is 2.44. The summed E-state index contributed by atoms with van der Waals surface area (Å²) < 4.78 is 18.2. The van der Waals surface area contributed by atoms with Gasteiger partial charge in [-0.15, -0.1) is 0 Å². The van der Waals surface area contributed by atoms with Crippen molar-refractivity contribution in [1.29, 1.82) is 0 Å². The molecule has 300 valence electrons. The normalized spacial score (nSPS) is 21.4. The molecule has 2 N–H and O–H groups in total. The van der Waals surface area contributed by atoms with E-state index in [4.69, 9.17) is 14.2 Å². The number of carbonyl (C=O) groups is 4. The summed E-state index contributed by atoms with van der Waals surface area (Å²) in [5.74, 6) is -0.899. The number of piperazine rings is 1. The number of ether oxygens (including phenoxy) is 3. The van der Waals surface area contributed by atoms with E-state index in [1.165, 1.54) is 0 Å². The lowest BCUT2D eigenvalue weighted by Gasteiger charge is -2.37. The predicted octanol–water partition coefficient (Wildman–Crippen LogP) is 4.97. The number of nitrogens with one attached hydrogen (secondary N) is 2. The third-order valence-corrected chi connectivity index (χ3v) is 11.8. The number of fused-ring (bicyclic) bond motifs is 4. The summed E-state index contributed by atoms with van der Waals surface area (Å²) in [6.07, 6.45) is 10.9. The van der Waals surface area contributed by atoms with Crippen LogP contribution in [0, 0.1) is 0 Å². The largest absolute Gasteiger partial charge is 0.494 e. The standard InChI is InChI=1S/C44H47N7O7/c52-40-10-9-39(42(53)48-40)51-43(54)34-8-6-30(25-35(34)44(51)55)56-20-3-1-2-14-49-15-17-50(18-16-49)19-21-57-31-23-32(24-31)58-41-11-5-29(26-46-41)28-4-7-33-36-27-45-13-12-37(36)47-38(33)22-28/h4-8,11-13,22,25-27,31-32,39,47H,1-3,9-10,14-21,23-24H2,(H,48,52,53). The third-order valence-electron chi connectivity index (χ3n) is 11.8. The van der Waals surface area contributed by atoms with Crippen LogP contribution in [0.15, 0.2) is 73.2 Å². The first-order chi connectivity index (χ1) is 28.4. The van der Waals surface area contributed by atoms with Crippen molar-refractivity contribution in [2.24, 2.45) is 0 Å². The number of piperidine rings is 1. The molecular formula is C44H47N7O7. The van der Waals surface area contributed by atoms with Crippen LogP contribution in [-0.2, 0) is 14.3 Å². The molecule has 0 spiro atoms. The Morgan fingerprint density at radius 3 is 2.34 bits per heavy atom. The van der Waals surface area contributed by atoms with Crippen molar-refractivity contribution < 1.29 is 33.4 Å². The molecule has 5 aromatic rings. The van der Waals surface area contributed by atoms with Gasteiger partial charge in [0.25, 0.3) is 11.8 Å². The number of imide groups is 2. The number of unbranched alkanes of at least 4 members (excludes halogenated alkanes) is 2. The van der Waals surface area contributed by atoms with Gasteiger partial charge >= 0.3 is 0 Å². The Hall–Kier alpha value is -5.70. The number of aromatic amines is 1. The van der Waals surface area contributed by atoms with Crippen molar-refractivity contribution >= 4 is 45.4 Å². The minimum atomic E-state index is -0.979. The third kappa shape index (κ3) is 8.04. The number of rotatable bonds is 15. The highest BCUT2D eigenvalue weighted by atomic mass is 16.5. The first-order valence-corrected chi connectivity index (χ1v) is 20.4. The molecule has 1 saturated carbocycles. The second kappa shape index (κ2) is 16.6. The summed E-state index contributed by atoms with van der Waals surface area (Å²) in [7, 11) is 0. The quantitative estimate of drug-likeness (QED) is 0.109. The van der Waals surface area contributed by atoms with Crippen LogP contribution in [0.5, 0.6) is 11.6 Å². The minimum absolute atomic E-state index is 0.0884. The summed E-state index contributed by atoms with van der Waals surface area (Å²) in [5, 5.41) is 4.50. The van der Waals surface area contributed by atoms with Crippen molar-refractivity contribution in [3.63, 3.8) is 0 Å². The van der Waals surface area contributed by atoms with Crippen molar-refractivity contribution in [2.45, 2.75) is 63.2 Å². The average Bonchev–Trinajstić information content (AvgIpc) is 3.71. The number of benzene rings is 2. The van der Waals surface area contributed by atoms with E-state index in [9.17, 15) is 19.2 Å². The zero-order chi connectivity index (χ0) is 39.6. The molecule has 0 radical (unpaired) electrons. The van der Waals surface area contributed by atoms with Crippen molar-refractivity contribution in [3.8, 4) is 22.8 Å². The number of nitrogens with zero attached hydrogens (tertiary/aromatic N) is 5. The van der Waals surface area contributed by atoms with Crippen molar-refractivity contribution in [1.82, 2.24) is 35.0 Å². The van der Waals surface area contributed by atoms with Crippen LogP contribution in [0.25, 0.3) is 32.9 Å². The molecule has 3 aliphatic heterocycles. The number of aromatic nitrogens is 3. The van der Waals surface area contributed by atoms with E-state index in [1.807, 2.05) is 24.5 Å². The van der Waals surface area contributed by atoms with E-state index in [0.717, 1.165) is 116 Å². The van der Waals surface area contributed by atoms with E-state index < -0.39 is 29.7 Å². The second-order valence-electron chi connectivity index (χ2n) is 15.6. The van der Waals surface area contributed by atoms with E-state index >= 15 is 0 Å². The molecule has 2 saturated heterocycles. The first kappa shape index (κ1) is 37.9. The topological polar surface area (TPSA) is 159 Å². The summed E-state index contributed by atoms with van der Waals surface area (Å²) in [4.78, 5) is 68.1. The Kier molecular flexibility index (Phi) is 10.9. The van der Waals surface area contributed by atoms with Gasteiger partial charge in [0, 0.05) is 104 Å². The number of pyridine rings is 2. The molecule has 3 aromatic heterocycles. The Balaban J connectivity index is 0.617. The van der Waals surface area contributed by atoms with Crippen LogP contribution >= 0.6 is 0 Å². The molecule has 9 rings (SSSR count). The van der Waals surface area contributed by atoms with Crippen molar-refractivity contribution in [3.05, 3.63) is 84.3 Å². The fourth-order valence-corrected chi connectivity index (χ4v) is 8.40. The molecule has 14 nitrogen and oxygen atoms in total. The van der Waals surface area contributed by atoms with Gasteiger partial charge in [0.15, 0.2) is 0 Å². The van der Waals surface area contributed by atoms with Crippen LogP contribution < -0.4 is 14.8 Å². The van der Waals surface area contributed by atoms with Gasteiger partial charge in [0.2, 0.25) is 17.7 Å². The molecule has 58 heavy (non-hydrogen) atoms. The second-order valence-corrected chi connectivity index (χ2v) is 15.6. The number of H-pyrrole nitrogens is 1. The molecule has 2 aromatic carbocycles. The number of carbonyl (C=O) groups excluding carboxylic acids is 4. The fourth-order valence-electron chi connectivity index (χ4n) is 8.40. The maximum Gasteiger partial charge on any atom is 0.262 e. The van der Waals surface area contributed by atoms with Gasteiger partial charge in [-0.05, 0) is 74.2 Å². The summed E-state index contributed by atoms with van der Waals surface area (Å²) in [6.45, 7) is 7.41. The number of amides is 4. The summed E-state index contributed by atoms with van der Waals surface area (Å²) in [6, 6.07) is 16.3. The molecule has 4 amide bonds. The van der Waals surface area contributed by atoms with E-state index in [1.54, 1.807) is 24.4 Å². The van der Waals surface area contributed by atoms with Gasteiger partial charge in [-0.3, -0.25) is 39.3 Å². The Morgan fingerprint density at radius 1 is 0.724 bits per heavy atom. The van der Waals surface area contributed by atoms with E-state index in [-0.39, 0.29) is 36.2 Å². The van der Waals surface area contributed by atoms with Crippen LogP contribution in [0.4, 0.5) is 0 Å². The average molecular weight is 786 g/mol. The summed E-state index contributed by atoms with van der Waals surface area (Å²) in [5.41, 5.74) is 4.78. The Labute approximate surface area is 335 Å². The van der Waals surface area contributed by atoms with Gasteiger partial charge in [0.05, 0.1) is 30.4 Å². The van der Waals surface area contributed by atoms with Gasteiger partial charge in [-0.1, -0.05) is 12.1 Å². The zero-order valence-corrected chi connectivity index (χ0v) is 32.4.